The number of para-hydroxylation sites is 1. The van der Waals surface area contributed by atoms with Gasteiger partial charge in [-0.2, -0.15) is 5.10 Å². The smallest absolute Gasteiger partial charge is 0.256 e. The molecule has 27 heavy (non-hydrogen) atoms. The Kier molecular flexibility index (Phi) is 4.53. The van der Waals surface area contributed by atoms with E-state index in [-0.39, 0.29) is 5.91 Å². The van der Waals surface area contributed by atoms with Crippen molar-refractivity contribution >= 4 is 22.5 Å². The summed E-state index contributed by atoms with van der Waals surface area (Å²) in [5.74, 6) is 1.74. The molecule has 1 aliphatic heterocycles. The van der Waals surface area contributed by atoms with E-state index in [0.717, 1.165) is 22.5 Å². The number of nitrogens with one attached hydrogen (secondary N) is 1. The molecule has 0 spiro atoms. The summed E-state index contributed by atoms with van der Waals surface area (Å²) in [4.78, 5) is 12.8. The van der Waals surface area contributed by atoms with Crippen LogP contribution in [0.4, 0.5) is 5.82 Å². The second kappa shape index (κ2) is 7.00. The quantitative estimate of drug-likeness (QED) is 0.753. The van der Waals surface area contributed by atoms with Gasteiger partial charge in [-0.1, -0.05) is 24.3 Å². The molecule has 0 radical (unpaired) electrons. The summed E-state index contributed by atoms with van der Waals surface area (Å²) in [6.45, 7) is 1.99. The number of fused-ring (bicyclic) bond motifs is 1. The summed E-state index contributed by atoms with van der Waals surface area (Å²) in [5.41, 5.74) is 4.03. The van der Waals surface area contributed by atoms with Crippen molar-refractivity contribution in [2.45, 2.75) is 18.4 Å². The van der Waals surface area contributed by atoms with Crippen LogP contribution in [0.15, 0.2) is 48.5 Å². The molecular weight excluding hydrogens is 362 g/mol. The van der Waals surface area contributed by atoms with Gasteiger partial charge in [0.15, 0.2) is 0 Å². The number of amides is 1. The van der Waals surface area contributed by atoms with Gasteiger partial charge < -0.3 is 10.1 Å². The van der Waals surface area contributed by atoms with Crippen LogP contribution in [0.1, 0.15) is 27.2 Å². The molecule has 6 nitrogen and oxygen atoms in total. The molecular formula is C20H19N3O3S. The van der Waals surface area contributed by atoms with Gasteiger partial charge in [-0.15, -0.1) is 0 Å². The van der Waals surface area contributed by atoms with Crippen LogP contribution in [-0.2, 0) is 22.3 Å². The SMILES string of the molecule is COc1cccc(C(=O)Nc2c3c(nn2-c2ccccc2C)C[S@](=O)C3)c1. The lowest BCUT2D eigenvalue weighted by molar-refractivity contribution is 0.102. The van der Waals surface area contributed by atoms with Crippen LogP contribution >= 0.6 is 0 Å². The molecule has 0 unspecified atom stereocenters. The first-order valence-electron chi connectivity index (χ1n) is 8.54. The molecule has 4 rings (SSSR count). The molecule has 1 atom stereocenters. The maximum absolute atomic E-state index is 12.8. The highest BCUT2D eigenvalue weighted by Gasteiger charge is 2.28. The van der Waals surface area contributed by atoms with Crippen LogP contribution < -0.4 is 10.1 Å². The maximum atomic E-state index is 12.8. The third kappa shape index (κ3) is 3.26. The van der Waals surface area contributed by atoms with Crippen LogP contribution in [-0.4, -0.2) is 27.0 Å². The summed E-state index contributed by atoms with van der Waals surface area (Å²) in [6, 6.07) is 14.8. The number of benzene rings is 2. The lowest BCUT2D eigenvalue weighted by atomic mass is 10.2. The largest absolute Gasteiger partial charge is 0.497 e. The van der Waals surface area contributed by atoms with Crippen molar-refractivity contribution in [3.8, 4) is 11.4 Å². The van der Waals surface area contributed by atoms with Gasteiger partial charge in [0.1, 0.15) is 11.6 Å². The molecule has 0 saturated carbocycles. The molecule has 3 aromatic rings. The molecule has 2 heterocycles. The molecule has 0 bridgehead atoms. The summed E-state index contributed by atoms with van der Waals surface area (Å²) in [6.07, 6.45) is 0. The molecule has 1 amide bonds. The van der Waals surface area contributed by atoms with E-state index in [1.807, 2.05) is 31.2 Å². The highest BCUT2D eigenvalue weighted by Crippen LogP contribution is 2.32. The molecule has 1 N–H and O–H groups in total. The topological polar surface area (TPSA) is 73.2 Å². The van der Waals surface area contributed by atoms with Gasteiger partial charge in [0, 0.05) is 21.9 Å². The number of methoxy groups -OCH3 is 1. The average molecular weight is 381 g/mol. The predicted molar refractivity (Wildman–Crippen MR) is 105 cm³/mol. The van der Waals surface area contributed by atoms with Crippen molar-refractivity contribution in [2.24, 2.45) is 0 Å². The monoisotopic (exact) mass is 381 g/mol. The first-order valence-corrected chi connectivity index (χ1v) is 10.0. The van der Waals surface area contributed by atoms with E-state index in [9.17, 15) is 9.00 Å². The highest BCUT2D eigenvalue weighted by molar-refractivity contribution is 7.83. The first kappa shape index (κ1) is 17.5. The normalized spacial score (nSPS) is 15.4. The number of ether oxygens (including phenoxy) is 1. The van der Waals surface area contributed by atoms with Gasteiger partial charge in [0.25, 0.3) is 5.91 Å². The molecule has 0 fully saturated rings. The van der Waals surface area contributed by atoms with Gasteiger partial charge in [0.05, 0.1) is 30.0 Å². The molecule has 7 heteroatoms. The van der Waals surface area contributed by atoms with E-state index in [1.165, 1.54) is 0 Å². The van der Waals surface area contributed by atoms with Crippen LogP contribution in [0.3, 0.4) is 0 Å². The number of rotatable bonds is 4. The Morgan fingerprint density at radius 3 is 2.78 bits per heavy atom. The van der Waals surface area contributed by atoms with Crippen molar-refractivity contribution in [2.75, 3.05) is 12.4 Å². The minimum absolute atomic E-state index is 0.260. The Morgan fingerprint density at radius 1 is 1.19 bits per heavy atom. The Morgan fingerprint density at radius 2 is 2.00 bits per heavy atom. The van der Waals surface area contributed by atoms with E-state index in [1.54, 1.807) is 36.1 Å². The summed E-state index contributed by atoms with van der Waals surface area (Å²) >= 11 is 0. The zero-order chi connectivity index (χ0) is 19.0. The van der Waals surface area contributed by atoms with Gasteiger partial charge >= 0.3 is 0 Å². The van der Waals surface area contributed by atoms with Gasteiger partial charge in [-0.25, -0.2) is 4.68 Å². The molecule has 1 aliphatic rings. The van der Waals surface area contributed by atoms with Crippen LogP contribution in [0.5, 0.6) is 5.75 Å². The highest BCUT2D eigenvalue weighted by atomic mass is 32.2. The second-order valence-electron chi connectivity index (χ2n) is 6.39. The Labute approximate surface area is 159 Å². The number of aromatic nitrogens is 2. The predicted octanol–water partition coefficient (Wildman–Crippen LogP) is 3.20. The van der Waals surface area contributed by atoms with Crippen molar-refractivity contribution in [3.05, 3.63) is 70.9 Å². The summed E-state index contributed by atoms with van der Waals surface area (Å²) in [7, 11) is 0.582. The lowest BCUT2D eigenvalue weighted by Gasteiger charge is -2.13. The van der Waals surface area contributed by atoms with Crippen LogP contribution in [0.2, 0.25) is 0 Å². The lowest BCUT2D eigenvalue weighted by Crippen LogP contribution is -2.17. The molecule has 0 aliphatic carbocycles. The molecule has 138 valence electrons. The zero-order valence-electron chi connectivity index (χ0n) is 15.1. The van der Waals surface area contributed by atoms with Crippen LogP contribution in [0, 0.1) is 6.92 Å². The zero-order valence-corrected chi connectivity index (χ0v) is 15.9. The number of hydrogen-bond donors (Lipinski definition) is 1. The minimum Gasteiger partial charge on any atom is -0.497 e. The fourth-order valence-electron chi connectivity index (χ4n) is 3.18. The Balaban J connectivity index is 1.76. The first-order chi connectivity index (χ1) is 13.1. The van der Waals surface area contributed by atoms with Crippen molar-refractivity contribution in [1.82, 2.24) is 9.78 Å². The second-order valence-corrected chi connectivity index (χ2v) is 7.84. The number of aryl methyl sites for hydroxylation is 1. The maximum Gasteiger partial charge on any atom is 0.256 e. The Bertz CT molecular complexity index is 1060. The molecule has 2 aromatic carbocycles. The van der Waals surface area contributed by atoms with Crippen molar-refractivity contribution < 1.29 is 13.7 Å². The van der Waals surface area contributed by atoms with Gasteiger partial charge in [0.2, 0.25) is 0 Å². The standard InChI is InChI=1S/C20H19N3O3S/c1-13-6-3-4-9-18(13)23-19(16-11-27(25)12-17(16)22-23)21-20(24)14-7-5-8-15(10-14)26-2/h3-10H,11-12H2,1-2H3,(H,21,24)/t27-/m1/s1. The number of anilines is 1. The Hall–Kier alpha value is -2.93. The summed E-state index contributed by atoms with van der Waals surface area (Å²) < 4.78 is 18.9. The third-order valence-electron chi connectivity index (χ3n) is 4.58. The van der Waals surface area contributed by atoms with Crippen molar-refractivity contribution in [1.29, 1.82) is 0 Å². The van der Waals surface area contributed by atoms with E-state index >= 15 is 0 Å². The van der Waals surface area contributed by atoms with Gasteiger partial charge in [-0.3, -0.25) is 9.00 Å². The third-order valence-corrected chi connectivity index (χ3v) is 5.78. The van der Waals surface area contributed by atoms with Crippen molar-refractivity contribution in [3.63, 3.8) is 0 Å². The number of carbonyl (C=O) groups is 1. The average Bonchev–Trinajstić information content (AvgIpc) is 3.19. The molecule has 0 saturated heterocycles. The number of carbonyl (C=O) groups excluding carboxylic acids is 1. The van der Waals surface area contributed by atoms with E-state index in [2.05, 4.69) is 10.4 Å². The fourth-order valence-corrected chi connectivity index (χ4v) is 4.44. The number of nitrogens with zero attached hydrogens (tertiary/aromatic N) is 2. The summed E-state index contributed by atoms with van der Waals surface area (Å²) in [5, 5.41) is 7.61. The van der Waals surface area contributed by atoms with E-state index in [0.29, 0.717) is 28.6 Å². The number of hydrogen-bond acceptors (Lipinski definition) is 4. The van der Waals surface area contributed by atoms with Crippen LogP contribution in [0.25, 0.3) is 5.69 Å². The molecule has 1 aromatic heterocycles. The minimum atomic E-state index is -0.980. The van der Waals surface area contributed by atoms with Gasteiger partial charge in [-0.05, 0) is 36.8 Å². The fraction of sp³-hybridized carbons (Fsp3) is 0.200. The van der Waals surface area contributed by atoms with E-state index in [4.69, 9.17) is 4.74 Å². The van der Waals surface area contributed by atoms with E-state index < -0.39 is 10.8 Å².